The first-order valence-corrected chi connectivity index (χ1v) is 6.09. The second-order valence-electron chi connectivity index (χ2n) is 6.07. The second-order valence-corrected chi connectivity index (χ2v) is 6.07. The summed E-state index contributed by atoms with van der Waals surface area (Å²) in [4.78, 5) is 11.9. The van der Waals surface area contributed by atoms with Gasteiger partial charge in [-0.25, -0.2) is 0 Å². The van der Waals surface area contributed by atoms with Crippen molar-refractivity contribution in [3.8, 4) is 6.07 Å². The Hall–Kier alpha value is -1.37. The van der Waals surface area contributed by atoms with Crippen molar-refractivity contribution in [3.63, 3.8) is 0 Å². The summed E-state index contributed by atoms with van der Waals surface area (Å²) in [5.74, 6) is -0.386. The molecule has 2 N–H and O–H groups in total. The van der Waals surface area contributed by atoms with E-state index >= 15 is 0 Å². The zero-order valence-electron chi connectivity index (χ0n) is 10.9. The molecule has 4 heteroatoms. The molecule has 0 aromatic rings. The average Bonchev–Trinajstić information content (AvgIpc) is 2.64. The lowest BCUT2D eigenvalue weighted by molar-refractivity contribution is -0.116. The van der Waals surface area contributed by atoms with Gasteiger partial charge in [-0.2, -0.15) is 5.26 Å². The predicted molar refractivity (Wildman–Crippen MR) is 66.8 cm³/mol. The van der Waals surface area contributed by atoms with E-state index < -0.39 is 5.54 Å². The van der Waals surface area contributed by atoms with Crippen molar-refractivity contribution >= 4 is 11.6 Å². The molecule has 0 saturated heterocycles. The van der Waals surface area contributed by atoms with E-state index in [9.17, 15) is 4.79 Å². The van der Waals surface area contributed by atoms with Gasteiger partial charge in [-0.1, -0.05) is 20.8 Å². The van der Waals surface area contributed by atoms with Crippen molar-refractivity contribution in [1.82, 2.24) is 5.32 Å². The van der Waals surface area contributed by atoms with Crippen LogP contribution in [-0.2, 0) is 4.79 Å². The molecule has 94 valence electrons. The summed E-state index contributed by atoms with van der Waals surface area (Å²) in [7, 11) is 0. The summed E-state index contributed by atoms with van der Waals surface area (Å²) in [6.07, 6.45) is 3.79. The molecule has 4 nitrogen and oxygen atoms in total. The lowest BCUT2D eigenvalue weighted by Gasteiger charge is -2.24. The number of carbonyl (C=O) groups excluding carboxylic acids is 1. The Bertz CT molecular complexity index is 354. The van der Waals surface area contributed by atoms with Crippen molar-refractivity contribution < 1.29 is 4.79 Å². The Morgan fingerprint density at radius 2 is 1.94 bits per heavy atom. The molecule has 0 spiro atoms. The predicted octanol–water partition coefficient (Wildman–Crippen LogP) is 2.39. The fourth-order valence-corrected chi connectivity index (χ4v) is 2.15. The van der Waals surface area contributed by atoms with E-state index in [1.165, 1.54) is 0 Å². The van der Waals surface area contributed by atoms with Gasteiger partial charge in [0.05, 0.1) is 11.8 Å². The van der Waals surface area contributed by atoms with Crippen molar-refractivity contribution in [2.24, 2.45) is 5.41 Å². The number of rotatable bonds is 3. The quantitative estimate of drug-likeness (QED) is 0.737. The SMILES string of the molecule is CC(C)(C)CC(=N)C(=O)NC1(C#N)CCCC1. The molecule has 1 aliphatic rings. The lowest BCUT2D eigenvalue weighted by atomic mass is 9.89. The maximum Gasteiger partial charge on any atom is 0.266 e. The Labute approximate surface area is 103 Å². The maximum absolute atomic E-state index is 11.9. The molecule has 1 fully saturated rings. The first-order chi connectivity index (χ1) is 7.78. The molecule has 0 aromatic carbocycles. The van der Waals surface area contributed by atoms with E-state index in [4.69, 9.17) is 10.7 Å². The molecule has 0 unspecified atom stereocenters. The number of nitrogens with one attached hydrogen (secondary N) is 2. The highest BCUT2D eigenvalue weighted by Crippen LogP contribution is 2.29. The number of amides is 1. The molecule has 0 heterocycles. The van der Waals surface area contributed by atoms with E-state index in [1.807, 2.05) is 20.8 Å². The van der Waals surface area contributed by atoms with Crippen LogP contribution in [0.5, 0.6) is 0 Å². The number of nitriles is 1. The molecular weight excluding hydrogens is 214 g/mol. The van der Waals surface area contributed by atoms with E-state index in [1.54, 1.807) is 0 Å². The highest BCUT2D eigenvalue weighted by atomic mass is 16.2. The van der Waals surface area contributed by atoms with Gasteiger partial charge in [0.25, 0.3) is 5.91 Å². The summed E-state index contributed by atoms with van der Waals surface area (Å²) >= 11 is 0. The molecule has 1 rings (SSSR count). The van der Waals surface area contributed by atoms with E-state index in [-0.39, 0.29) is 17.0 Å². The van der Waals surface area contributed by atoms with Gasteiger partial charge >= 0.3 is 0 Å². The van der Waals surface area contributed by atoms with Crippen LogP contribution in [0.2, 0.25) is 0 Å². The molecule has 0 bridgehead atoms. The second kappa shape index (κ2) is 4.87. The van der Waals surface area contributed by atoms with Gasteiger partial charge in [0, 0.05) is 0 Å². The minimum absolute atomic E-state index is 0.0685. The van der Waals surface area contributed by atoms with Gasteiger partial charge in [0.15, 0.2) is 0 Å². The molecule has 1 saturated carbocycles. The zero-order valence-corrected chi connectivity index (χ0v) is 10.9. The normalized spacial score (nSPS) is 18.5. The van der Waals surface area contributed by atoms with Crippen LogP contribution in [0.4, 0.5) is 0 Å². The van der Waals surface area contributed by atoms with Crippen molar-refractivity contribution in [3.05, 3.63) is 0 Å². The summed E-state index contributed by atoms with van der Waals surface area (Å²) < 4.78 is 0. The third kappa shape index (κ3) is 3.85. The first-order valence-electron chi connectivity index (χ1n) is 6.09. The van der Waals surface area contributed by atoms with Crippen LogP contribution in [0.1, 0.15) is 52.9 Å². The topological polar surface area (TPSA) is 76.7 Å². The smallest absolute Gasteiger partial charge is 0.266 e. The van der Waals surface area contributed by atoms with Crippen LogP contribution < -0.4 is 5.32 Å². The van der Waals surface area contributed by atoms with Crippen molar-refractivity contribution in [2.75, 3.05) is 0 Å². The fraction of sp³-hybridized carbons (Fsp3) is 0.769. The number of carbonyl (C=O) groups is 1. The maximum atomic E-state index is 11.9. The van der Waals surface area contributed by atoms with Gasteiger partial charge in [-0.05, 0) is 37.5 Å². The third-order valence-electron chi connectivity index (χ3n) is 3.01. The van der Waals surface area contributed by atoms with Gasteiger partial charge < -0.3 is 5.32 Å². The number of hydrogen-bond acceptors (Lipinski definition) is 3. The van der Waals surface area contributed by atoms with Gasteiger partial charge in [0.2, 0.25) is 0 Å². The van der Waals surface area contributed by atoms with Gasteiger partial charge in [-0.3, -0.25) is 10.2 Å². The lowest BCUT2D eigenvalue weighted by Crippen LogP contribution is -2.48. The molecule has 0 radical (unpaired) electrons. The molecule has 1 amide bonds. The minimum Gasteiger partial charge on any atom is -0.333 e. The van der Waals surface area contributed by atoms with Gasteiger partial charge in [0.1, 0.15) is 5.54 Å². The van der Waals surface area contributed by atoms with E-state index in [2.05, 4.69) is 11.4 Å². The van der Waals surface area contributed by atoms with Crippen LogP contribution in [-0.4, -0.2) is 17.2 Å². The van der Waals surface area contributed by atoms with Crippen LogP contribution in [0.3, 0.4) is 0 Å². The molecular formula is C13H21N3O. The molecule has 0 atom stereocenters. The fourth-order valence-electron chi connectivity index (χ4n) is 2.15. The molecule has 0 aliphatic heterocycles. The van der Waals surface area contributed by atoms with E-state index in [0.29, 0.717) is 19.3 Å². The van der Waals surface area contributed by atoms with E-state index in [0.717, 1.165) is 12.8 Å². The summed E-state index contributed by atoms with van der Waals surface area (Å²) in [5, 5.41) is 19.6. The first kappa shape index (κ1) is 13.7. The molecule has 1 aliphatic carbocycles. The van der Waals surface area contributed by atoms with Crippen LogP contribution in [0.25, 0.3) is 0 Å². The van der Waals surface area contributed by atoms with Crippen LogP contribution in [0, 0.1) is 22.2 Å². The van der Waals surface area contributed by atoms with Crippen LogP contribution in [0.15, 0.2) is 0 Å². The highest BCUT2D eigenvalue weighted by Gasteiger charge is 2.36. The summed E-state index contributed by atoms with van der Waals surface area (Å²) in [6.45, 7) is 5.97. The Balaban J connectivity index is 2.60. The van der Waals surface area contributed by atoms with Gasteiger partial charge in [-0.15, -0.1) is 0 Å². The Morgan fingerprint density at radius 1 is 1.41 bits per heavy atom. The number of hydrogen-bond donors (Lipinski definition) is 2. The Morgan fingerprint density at radius 3 is 2.35 bits per heavy atom. The average molecular weight is 235 g/mol. The van der Waals surface area contributed by atoms with Crippen molar-refractivity contribution in [2.45, 2.75) is 58.4 Å². The standard InChI is InChI=1S/C13H21N3O/c1-12(2,3)8-10(15)11(17)16-13(9-14)6-4-5-7-13/h15H,4-8H2,1-3H3,(H,16,17). The summed E-state index contributed by atoms with van der Waals surface area (Å²) in [5.41, 5.74) is -0.732. The monoisotopic (exact) mass is 235 g/mol. The van der Waals surface area contributed by atoms with Crippen LogP contribution >= 0.6 is 0 Å². The third-order valence-corrected chi connectivity index (χ3v) is 3.01. The largest absolute Gasteiger partial charge is 0.333 e. The van der Waals surface area contributed by atoms with Crippen molar-refractivity contribution in [1.29, 1.82) is 10.7 Å². The minimum atomic E-state index is -0.721. The zero-order chi connectivity index (χ0) is 13.1. The Kier molecular flexibility index (Phi) is 3.92. The molecule has 17 heavy (non-hydrogen) atoms. The highest BCUT2D eigenvalue weighted by molar-refractivity contribution is 6.37. The summed E-state index contributed by atoms with van der Waals surface area (Å²) in [6, 6.07) is 2.20. The molecule has 0 aromatic heterocycles. The number of nitrogens with zero attached hydrogens (tertiary/aromatic N) is 1.